The number of fused-ring (bicyclic) bond motifs is 3. The van der Waals surface area contributed by atoms with Crippen LogP contribution in [0.2, 0.25) is 0 Å². The van der Waals surface area contributed by atoms with Crippen LogP contribution in [0.3, 0.4) is 0 Å². The molecular weight excluding hydrogens is 658 g/mol. The largest absolute Gasteiger partial charge is 0.462 e. The molecule has 10 heteroatoms. The second kappa shape index (κ2) is 20.0. The van der Waals surface area contributed by atoms with Gasteiger partial charge in [-0.15, -0.1) is 13.2 Å². The number of ether oxygens (including phenoxy) is 2. The summed E-state index contributed by atoms with van der Waals surface area (Å²) in [6.07, 6.45) is 3.78. The lowest BCUT2D eigenvalue weighted by Crippen LogP contribution is -2.48. The van der Waals surface area contributed by atoms with Gasteiger partial charge in [-0.25, -0.2) is 9.59 Å². The molecule has 276 valence electrons. The maximum Gasteiger partial charge on any atom is 0.407 e. The molecule has 52 heavy (non-hydrogen) atoms. The van der Waals surface area contributed by atoms with Crippen LogP contribution >= 0.6 is 0 Å². The first kappa shape index (κ1) is 39.6. The number of benzene rings is 3. The van der Waals surface area contributed by atoms with Gasteiger partial charge in [0.1, 0.15) is 19.3 Å². The minimum atomic E-state index is -0.996. The van der Waals surface area contributed by atoms with E-state index in [1.165, 1.54) is 0 Å². The molecule has 0 heterocycles. The highest BCUT2D eigenvalue weighted by Gasteiger charge is 2.31. The molecule has 10 nitrogen and oxygen atoms in total. The fraction of sp³-hybridized carbons (Fsp3) is 0.381. The van der Waals surface area contributed by atoms with Crippen LogP contribution in [0.25, 0.3) is 11.1 Å². The number of aliphatic hydroxyl groups is 1. The molecule has 0 saturated heterocycles. The van der Waals surface area contributed by atoms with Gasteiger partial charge in [-0.3, -0.25) is 9.59 Å². The Balaban J connectivity index is 1.31. The quantitative estimate of drug-likeness (QED) is 0.0852. The maximum absolute atomic E-state index is 13.4. The molecule has 0 unspecified atom stereocenters. The number of nitrogens with one attached hydrogen (secondary N) is 3. The number of allylic oxidation sites excluding steroid dienone is 2. The first-order chi connectivity index (χ1) is 25.1. The van der Waals surface area contributed by atoms with Crippen LogP contribution in [0.1, 0.15) is 62.1 Å². The molecule has 4 N–H and O–H groups in total. The van der Waals surface area contributed by atoms with E-state index in [0.717, 1.165) is 27.8 Å². The molecule has 0 fully saturated rings. The molecule has 1 aliphatic rings. The minimum Gasteiger partial charge on any atom is -0.462 e. The van der Waals surface area contributed by atoms with Crippen molar-refractivity contribution >= 4 is 23.9 Å². The molecule has 0 aliphatic heterocycles. The Morgan fingerprint density at radius 2 is 1.46 bits per heavy atom. The molecule has 0 radical (unpaired) electrons. The van der Waals surface area contributed by atoms with Crippen molar-refractivity contribution in [2.24, 2.45) is 11.8 Å². The van der Waals surface area contributed by atoms with Gasteiger partial charge in [0.25, 0.3) is 0 Å². The Morgan fingerprint density at radius 3 is 2.06 bits per heavy atom. The third-order valence-corrected chi connectivity index (χ3v) is 9.28. The number of rotatable bonds is 20. The summed E-state index contributed by atoms with van der Waals surface area (Å²) in [7, 11) is 0. The van der Waals surface area contributed by atoms with E-state index >= 15 is 0 Å². The normalized spacial score (nSPS) is 14.2. The highest BCUT2D eigenvalue weighted by molar-refractivity contribution is 5.86. The van der Waals surface area contributed by atoms with Crippen molar-refractivity contribution in [1.29, 1.82) is 0 Å². The lowest BCUT2D eigenvalue weighted by atomic mass is 9.97. The molecular formula is C42H51N3O7. The van der Waals surface area contributed by atoms with Gasteiger partial charge >= 0.3 is 12.1 Å². The first-order valence-electron chi connectivity index (χ1n) is 17.9. The third kappa shape index (κ3) is 11.1. The van der Waals surface area contributed by atoms with E-state index in [2.05, 4.69) is 41.2 Å². The number of carbonyl (C=O) groups is 4. The van der Waals surface area contributed by atoms with Crippen LogP contribution in [0.4, 0.5) is 4.79 Å². The van der Waals surface area contributed by atoms with Gasteiger partial charge in [0.2, 0.25) is 11.8 Å². The van der Waals surface area contributed by atoms with E-state index in [4.69, 9.17) is 9.47 Å². The Labute approximate surface area is 306 Å². The Hall–Kier alpha value is -5.22. The Morgan fingerprint density at radius 1 is 0.827 bits per heavy atom. The second-order valence-corrected chi connectivity index (χ2v) is 13.4. The van der Waals surface area contributed by atoms with E-state index in [-0.39, 0.29) is 62.7 Å². The van der Waals surface area contributed by atoms with Crippen LogP contribution in [-0.4, -0.2) is 66.9 Å². The monoisotopic (exact) mass is 709 g/mol. The first-order valence-corrected chi connectivity index (χ1v) is 17.9. The zero-order valence-corrected chi connectivity index (χ0v) is 30.1. The minimum absolute atomic E-state index is 0.0993. The number of amides is 3. The fourth-order valence-corrected chi connectivity index (χ4v) is 6.34. The highest BCUT2D eigenvalue weighted by atomic mass is 16.6. The molecule has 0 bridgehead atoms. The van der Waals surface area contributed by atoms with E-state index in [1.807, 2.05) is 80.6 Å². The zero-order chi connectivity index (χ0) is 37.5. The van der Waals surface area contributed by atoms with E-state index < -0.39 is 36.1 Å². The number of carbonyl (C=O) groups excluding carboxylic acids is 4. The molecule has 3 aromatic carbocycles. The molecule has 3 aromatic rings. The van der Waals surface area contributed by atoms with Crippen LogP contribution in [-0.2, 0) is 30.3 Å². The van der Waals surface area contributed by atoms with Crippen molar-refractivity contribution in [3.63, 3.8) is 0 Å². The second-order valence-electron chi connectivity index (χ2n) is 13.4. The van der Waals surface area contributed by atoms with Crippen molar-refractivity contribution in [3.8, 4) is 11.1 Å². The predicted molar refractivity (Wildman–Crippen MR) is 201 cm³/mol. The van der Waals surface area contributed by atoms with Gasteiger partial charge in [-0.1, -0.05) is 105 Å². The fourth-order valence-electron chi connectivity index (χ4n) is 6.34. The smallest absolute Gasteiger partial charge is 0.407 e. The molecule has 1 aliphatic carbocycles. The lowest BCUT2D eigenvalue weighted by molar-refractivity contribution is -0.148. The van der Waals surface area contributed by atoms with Gasteiger partial charge < -0.3 is 30.5 Å². The summed E-state index contributed by atoms with van der Waals surface area (Å²) in [6, 6.07) is 23.5. The number of alkyl carbamates (subject to hydrolysis) is 1. The number of esters is 1. The Kier molecular flexibility index (Phi) is 15.2. The van der Waals surface area contributed by atoms with Crippen LogP contribution in [0, 0.1) is 11.8 Å². The van der Waals surface area contributed by atoms with Gasteiger partial charge in [-0.2, -0.15) is 0 Å². The van der Waals surface area contributed by atoms with Crippen molar-refractivity contribution < 1.29 is 33.8 Å². The van der Waals surface area contributed by atoms with E-state index in [0.29, 0.717) is 12.8 Å². The lowest BCUT2D eigenvalue weighted by Gasteiger charge is -2.26. The maximum atomic E-state index is 13.4. The highest BCUT2D eigenvalue weighted by Crippen LogP contribution is 2.44. The number of aliphatic hydroxyl groups excluding tert-OH is 1. The molecule has 0 spiro atoms. The predicted octanol–water partition coefficient (Wildman–Crippen LogP) is 5.85. The standard InChI is InChI=1S/C42H51N3O7/c1-5-7-22-37(45-42(50)52-26-36-34-20-13-11-18-32(34)33-19-12-14-21-35(33)36)41(49)51-27-38(28(3)4)44-40(48)30(15-6-2)24-39(47)43-31(25-46)23-29-16-9-8-10-17-29/h5-6,8-14,16-21,28,30-31,36-38,46H,1-2,7,15,22-27H2,3-4H3,(H,43,47)(H,44,48)(H,45,50)/t30-,31-,37+,38-/m1/s1. The van der Waals surface area contributed by atoms with Crippen molar-refractivity contribution in [3.05, 3.63) is 121 Å². The summed E-state index contributed by atoms with van der Waals surface area (Å²) in [6.45, 7) is 11.0. The average molecular weight is 710 g/mol. The van der Waals surface area contributed by atoms with Gasteiger partial charge in [0.15, 0.2) is 0 Å². The molecule has 4 atom stereocenters. The van der Waals surface area contributed by atoms with Gasteiger partial charge in [-0.05, 0) is 59.4 Å². The van der Waals surface area contributed by atoms with E-state index in [9.17, 15) is 24.3 Å². The SMILES string of the molecule is C=CCC[C@H](NC(=O)OCC1c2ccccc2-c2ccccc21)C(=O)OC[C@@H](NC(=O)[C@H](CC=C)CC(=O)N[C@@H](CO)Cc1ccccc1)C(C)C. The van der Waals surface area contributed by atoms with Crippen molar-refractivity contribution in [1.82, 2.24) is 16.0 Å². The summed E-state index contributed by atoms with van der Waals surface area (Å²) in [4.78, 5) is 52.7. The number of hydrogen-bond donors (Lipinski definition) is 4. The summed E-state index contributed by atoms with van der Waals surface area (Å²) in [5.41, 5.74) is 5.35. The third-order valence-electron chi connectivity index (χ3n) is 9.28. The van der Waals surface area contributed by atoms with Gasteiger partial charge in [0.05, 0.1) is 24.6 Å². The Bertz CT molecular complexity index is 1630. The molecule has 0 aromatic heterocycles. The molecule has 4 rings (SSSR count). The molecule has 0 saturated carbocycles. The molecule has 3 amide bonds. The van der Waals surface area contributed by atoms with Gasteiger partial charge in [0, 0.05) is 12.3 Å². The average Bonchev–Trinajstić information content (AvgIpc) is 3.47. The zero-order valence-electron chi connectivity index (χ0n) is 30.1. The van der Waals surface area contributed by atoms with Crippen LogP contribution in [0.15, 0.2) is 104 Å². The summed E-state index contributed by atoms with van der Waals surface area (Å²) < 4.78 is 11.3. The van der Waals surface area contributed by atoms with Crippen LogP contribution < -0.4 is 16.0 Å². The summed E-state index contributed by atoms with van der Waals surface area (Å²) in [5, 5.41) is 18.3. The number of hydrogen-bond acceptors (Lipinski definition) is 7. The summed E-state index contributed by atoms with van der Waals surface area (Å²) >= 11 is 0. The summed E-state index contributed by atoms with van der Waals surface area (Å²) in [5.74, 6) is -2.39. The van der Waals surface area contributed by atoms with Crippen molar-refractivity contribution in [2.45, 2.75) is 70.0 Å². The van der Waals surface area contributed by atoms with Crippen molar-refractivity contribution in [2.75, 3.05) is 19.8 Å². The van der Waals surface area contributed by atoms with Crippen LogP contribution in [0.5, 0.6) is 0 Å². The van der Waals surface area contributed by atoms with E-state index in [1.54, 1.807) is 12.2 Å². The topological polar surface area (TPSA) is 143 Å².